The predicted octanol–water partition coefficient (Wildman–Crippen LogP) is 3.28. The Bertz CT molecular complexity index is 371. The highest BCUT2D eigenvalue weighted by Crippen LogP contribution is 2.18. The van der Waals surface area contributed by atoms with Gasteiger partial charge in [0, 0.05) is 6.42 Å². The van der Waals surface area contributed by atoms with Crippen LogP contribution in [-0.2, 0) is 4.79 Å². The van der Waals surface area contributed by atoms with Crippen molar-refractivity contribution < 1.29 is 4.79 Å². The van der Waals surface area contributed by atoms with Crippen molar-refractivity contribution in [2.45, 2.75) is 46.6 Å². The quantitative estimate of drug-likeness (QED) is 0.827. The summed E-state index contributed by atoms with van der Waals surface area (Å²) < 4.78 is 0. The van der Waals surface area contributed by atoms with Gasteiger partial charge in [0.2, 0.25) is 5.91 Å². The molecule has 1 aromatic carbocycles. The Kier molecular flexibility index (Phi) is 4.53. The summed E-state index contributed by atoms with van der Waals surface area (Å²) in [6.07, 6.45) is 1.50. The van der Waals surface area contributed by atoms with Gasteiger partial charge in [-0.25, -0.2) is 0 Å². The minimum absolute atomic E-state index is 0.0962. The average Bonchev–Trinajstić information content (AvgIpc) is 2.21. The van der Waals surface area contributed by atoms with Crippen LogP contribution in [0.5, 0.6) is 0 Å². The minimum Gasteiger partial charge on any atom is -0.350 e. The molecular weight excluding hydrogens is 198 g/mol. The number of carbonyl (C=O) groups is 1. The average molecular weight is 219 g/mol. The molecule has 88 valence electrons. The summed E-state index contributed by atoms with van der Waals surface area (Å²) in [6.45, 7) is 8.21. The molecule has 2 nitrogen and oxygen atoms in total. The normalized spacial score (nSPS) is 12.2. The Balaban J connectivity index is 2.76. The number of benzene rings is 1. The highest BCUT2D eigenvalue weighted by molar-refractivity contribution is 5.76. The van der Waals surface area contributed by atoms with Gasteiger partial charge in [-0.2, -0.15) is 0 Å². The van der Waals surface area contributed by atoms with E-state index in [1.54, 1.807) is 0 Å². The van der Waals surface area contributed by atoms with E-state index in [1.165, 1.54) is 16.7 Å². The molecule has 2 heteroatoms. The van der Waals surface area contributed by atoms with Gasteiger partial charge in [0.15, 0.2) is 0 Å². The maximum absolute atomic E-state index is 11.5. The predicted molar refractivity (Wildman–Crippen MR) is 67.4 cm³/mol. The summed E-state index contributed by atoms with van der Waals surface area (Å²) in [4.78, 5) is 11.5. The van der Waals surface area contributed by atoms with Crippen LogP contribution in [0.25, 0.3) is 0 Å². The first-order valence-corrected chi connectivity index (χ1v) is 5.91. The second-order valence-electron chi connectivity index (χ2n) is 4.40. The van der Waals surface area contributed by atoms with Gasteiger partial charge in [-0.05, 0) is 38.3 Å². The zero-order valence-electron chi connectivity index (χ0n) is 10.6. The van der Waals surface area contributed by atoms with Crippen LogP contribution in [0.15, 0.2) is 18.2 Å². The van der Waals surface area contributed by atoms with Crippen LogP contribution in [0.4, 0.5) is 0 Å². The molecule has 0 saturated carbocycles. The van der Waals surface area contributed by atoms with E-state index in [0.29, 0.717) is 6.42 Å². The fraction of sp³-hybridized carbons (Fsp3) is 0.500. The third-order valence-corrected chi connectivity index (χ3v) is 2.76. The van der Waals surface area contributed by atoms with Crippen LogP contribution in [0, 0.1) is 13.8 Å². The van der Waals surface area contributed by atoms with Crippen molar-refractivity contribution in [3.63, 3.8) is 0 Å². The molecule has 0 aliphatic heterocycles. The lowest BCUT2D eigenvalue weighted by atomic mass is 10.00. The Labute approximate surface area is 98.1 Å². The molecule has 0 heterocycles. The van der Waals surface area contributed by atoms with Gasteiger partial charge < -0.3 is 5.32 Å². The summed E-state index contributed by atoms with van der Waals surface area (Å²) in [5, 5.41) is 3.03. The lowest BCUT2D eigenvalue weighted by Gasteiger charge is -2.17. The van der Waals surface area contributed by atoms with Gasteiger partial charge in [0.25, 0.3) is 0 Å². The lowest BCUT2D eigenvalue weighted by Crippen LogP contribution is -2.26. The molecule has 1 aromatic rings. The summed E-state index contributed by atoms with van der Waals surface area (Å²) >= 11 is 0. The van der Waals surface area contributed by atoms with E-state index in [2.05, 4.69) is 37.4 Å². The SMILES string of the molecule is CCCC(=O)NC(C)c1cc(C)ccc1C. The Morgan fingerprint density at radius 1 is 1.38 bits per heavy atom. The van der Waals surface area contributed by atoms with Crippen molar-refractivity contribution in [1.29, 1.82) is 0 Å². The fourth-order valence-corrected chi connectivity index (χ4v) is 1.84. The van der Waals surface area contributed by atoms with Gasteiger partial charge in [0.05, 0.1) is 6.04 Å². The summed E-state index contributed by atoms with van der Waals surface area (Å²) in [5.74, 6) is 0.135. The number of aryl methyl sites for hydroxylation is 2. The molecule has 1 rings (SSSR count). The van der Waals surface area contributed by atoms with Crippen LogP contribution in [0.3, 0.4) is 0 Å². The first-order valence-electron chi connectivity index (χ1n) is 5.91. The number of rotatable bonds is 4. The van der Waals surface area contributed by atoms with Crippen molar-refractivity contribution in [1.82, 2.24) is 5.32 Å². The molecule has 0 aliphatic carbocycles. The van der Waals surface area contributed by atoms with Crippen LogP contribution in [-0.4, -0.2) is 5.91 Å². The highest BCUT2D eigenvalue weighted by Gasteiger charge is 2.10. The molecule has 0 bridgehead atoms. The first kappa shape index (κ1) is 12.8. The molecule has 16 heavy (non-hydrogen) atoms. The molecule has 1 amide bonds. The van der Waals surface area contributed by atoms with Crippen molar-refractivity contribution in [3.05, 3.63) is 34.9 Å². The second-order valence-corrected chi connectivity index (χ2v) is 4.40. The minimum atomic E-state index is 0.0962. The lowest BCUT2D eigenvalue weighted by molar-refractivity contribution is -0.121. The summed E-state index contributed by atoms with van der Waals surface area (Å²) in [7, 11) is 0. The number of nitrogens with one attached hydrogen (secondary N) is 1. The third-order valence-electron chi connectivity index (χ3n) is 2.76. The smallest absolute Gasteiger partial charge is 0.220 e. The highest BCUT2D eigenvalue weighted by atomic mass is 16.1. The molecule has 0 saturated heterocycles. The molecular formula is C14H21NO. The van der Waals surface area contributed by atoms with E-state index in [0.717, 1.165) is 6.42 Å². The molecule has 0 fully saturated rings. The molecule has 1 atom stereocenters. The van der Waals surface area contributed by atoms with Gasteiger partial charge in [0.1, 0.15) is 0 Å². The first-order chi connectivity index (χ1) is 7.54. The largest absolute Gasteiger partial charge is 0.350 e. The monoisotopic (exact) mass is 219 g/mol. The van der Waals surface area contributed by atoms with Gasteiger partial charge in [-0.1, -0.05) is 30.7 Å². The standard InChI is InChI=1S/C14H21NO/c1-5-6-14(16)15-12(4)13-9-10(2)7-8-11(13)3/h7-9,12H,5-6H2,1-4H3,(H,15,16). The Hall–Kier alpha value is -1.31. The number of hydrogen-bond acceptors (Lipinski definition) is 1. The fourth-order valence-electron chi connectivity index (χ4n) is 1.84. The van der Waals surface area contributed by atoms with E-state index in [1.807, 2.05) is 13.8 Å². The van der Waals surface area contributed by atoms with Crippen LogP contribution in [0.2, 0.25) is 0 Å². The zero-order valence-corrected chi connectivity index (χ0v) is 10.6. The molecule has 1 N–H and O–H groups in total. The number of carbonyl (C=O) groups excluding carboxylic acids is 1. The van der Waals surface area contributed by atoms with Crippen LogP contribution in [0.1, 0.15) is 49.4 Å². The topological polar surface area (TPSA) is 29.1 Å². The van der Waals surface area contributed by atoms with Gasteiger partial charge in [-0.3, -0.25) is 4.79 Å². The van der Waals surface area contributed by atoms with Crippen LogP contribution >= 0.6 is 0 Å². The zero-order chi connectivity index (χ0) is 12.1. The van der Waals surface area contributed by atoms with E-state index < -0.39 is 0 Å². The van der Waals surface area contributed by atoms with Crippen molar-refractivity contribution in [2.75, 3.05) is 0 Å². The Morgan fingerprint density at radius 2 is 2.06 bits per heavy atom. The third kappa shape index (κ3) is 3.37. The van der Waals surface area contributed by atoms with E-state index in [-0.39, 0.29) is 11.9 Å². The molecule has 0 radical (unpaired) electrons. The van der Waals surface area contributed by atoms with E-state index in [9.17, 15) is 4.79 Å². The van der Waals surface area contributed by atoms with E-state index >= 15 is 0 Å². The maximum Gasteiger partial charge on any atom is 0.220 e. The summed E-state index contributed by atoms with van der Waals surface area (Å²) in [6, 6.07) is 6.44. The van der Waals surface area contributed by atoms with Crippen molar-refractivity contribution >= 4 is 5.91 Å². The number of hydrogen-bond donors (Lipinski definition) is 1. The molecule has 0 aromatic heterocycles. The van der Waals surface area contributed by atoms with Crippen LogP contribution < -0.4 is 5.32 Å². The molecule has 1 unspecified atom stereocenters. The van der Waals surface area contributed by atoms with Crippen molar-refractivity contribution in [3.8, 4) is 0 Å². The number of amides is 1. The molecule has 0 spiro atoms. The van der Waals surface area contributed by atoms with Crippen molar-refractivity contribution in [2.24, 2.45) is 0 Å². The van der Waals surface area contributed by atoms with Gasteiger partial charge >= 0.3 is 0 Å². The molecule has 0 aliphatic rings. The maximum atomic E-state index is 11.5. The Morgan fingerprint density at radius 3 is 2.69 bits per heavy atom. The van der Waals surface area contributed by atoms with Gasteiger partial charge in [-0.15, -0.1) is 0 Å². The van der Waals surface area contributed by atoms with E-state index in [4.69, 9.17) is 0 Å². The second kappa shape index (κ2) is 5.69. The summed E-state index contributed by atoms with van der Waals surface area (Å²) in [5.41, 5.74) is 3.68.